The predicted molar refractivity (Wildman–Crippen MR) is 134 cm³/mol. The fourth-order valence-electron chi connectivity index (χ4n) is 3.75. The molecule has 0 saturated heterocycles. The van der Waals surface area contributed by atoms with Crippen LogP contribution in [0.4, 0.5) is 0 Å². The molecule has 0 amide bonds. The van der Waals surface area contributed by atoms with Gasteiger partial charge < -0.3 is 24.2 Å². The average molecular weight is 483 g/mol. The quantitative estimate of drug-likeness (QED) is 0.361. The summed E-state index contributed by atoms with van der Waals surface area (Å²) < 4.78 is 16.4. The molecule has 1 N–H and O–H groups in total. The van der Waals surface area contributed by atoms with Crippen LogP contribution in [0.1, 0.15) is 24.4 Å². The standard InChI is InChI=1S/C24H26N4O3S2/c1-15-20(23-26-22(27-31-23)17-7-11-19(33-4)12-8-17)21(16-5-9-18(30-3)10-6-16)25-24(32)28(15)13-14-29-2/h5-12,21H,13-14H2,1-4H3,(H,25,32). The van der Waals surface area contributed by atoms with Crippen LogP contribution in [0.25, 0.3) is 17.0 Å². The Balaban J connectivity index is 1.76. The number of ether oxygens (including phenoxy) is 2. The van der Waals surface area contributed by atoms with Crippen LogP contribution >= 0.6 is 24.0 Å². The third kappa shape index (κ3) is 4.90. The molecule has 2 heterocycles. The van der Waals surface area contributed by atoms with Gasteiger partial charge in [-0.1, -0.05) is 17.3 Å². The Kier molecular flexibility index (Phi) is 7.32. The van der Waals surface area contributed by atoms with Crippen LogP contribution in [0, 0.1) is 0 Å². The van der Waals surface area contributed by atoms with Gasteiger partial charge in [-0.05, 0) is 67.4 Å². The maximum absolute atomic E-state index is 5.78. The minimum Gasteiger partial charge on any atom is -0.497 e. The molecule has 0 saturated carbocycles. The smallest absolute Gasteiger partial charge is 0.258 e. The van der Waals surface area contributed by atoms with E-state index in [1.54, 1.807) is 26.0 Å². The fourth-order valence-corrected chi connectivity index (χ4v) is 4.50. The molecule has 1 atom stereocenters. The molecule has 2 aromatic carbocycles. The average Bonchev–Trinajstić information content (AvgIpc) is 3.33. The van der Waals surface area contributed by atoms with Gasteiger partial charge in [-0.15, -0.1) is 11.8 Å². The van der Waals surface area contributed by atoms with E-state index in [2.05, 4.69) is 10.5 Å². The van der Waals surface area contributed by atoms with Crippen molar-refractivity contribution in [2.45, 2.75) is 17.9 Å². The summed E-state index contributed by atoms with van der Waals surface area (Å²) in [6, 6.07) is 15.7. The number of methoxy groups -OCH3 is 2. The Bertz CT molecular complexity index is 1140. The van der Waals surface area contributed by atoms with E-state index in [1.807, 2.05) is 66.6 Å². The van der Waals surface area contributed by atoms with Crippen LogP contribution < -0.4 is 10.1 Å². The van der Waals surface area contributed by atoms with Crippen molar-refractivity contribution in [3.05, 3.63) is 65.7 Å². The molecule has 0 bridgehead atoms. The van der Waals surface area contributed by atoms with Gasteiger partial charge in [0.15, 0.2) is 5.11 Å². The third-order valence-electron chi connectivity index (χ3n) is 5.57. The highest BCUT2D eigenvalue weighted by Gasteiger charge is 2.34. The highest BCUT2D eigenvalue weighted by atomic mass is 32.2. The van der Waals surface area contributed by atoms with Gasteiger partial charge in [0.1, 0.15) is 5.75 Å². The molecule has 4 rings (SSSR count). The van der Waals surface area contributed by atoms with Crippen LogP contribution in [0.15, 0.2) is 63.6 Å². The molecule has 1 unspecified atom stereocenters. The van der Waals surface area contributed by atoms with Gasteiger partial charge in [-0.25, -0.2) is 0 Å². The molecule has 0 spiro atoms. The lowest BCUT2D eigenvalue weighted by molar-refractivity contribution is 0.183. The van der Waals surface area contributed by atoms with Crippen molar-refractivity contribution in [2.24, 2.45) is 0 Å². The summed E-state index contributed by atoms with van der Waals surface area (Å²) in [6.07, 6.45) is 2.05. The van der Waals surface area contributed by atoms with Crippen molar-refractivity contribution < 1.29 is 14.0 Å². The Morgan fingerprint density at radius 1 is 1.12 bits per heavy atom. The lowest BCUT2D eigenvalue weighted by Crippen LogP contribution is -2.47. The number of rotatable bonds is 8. The minimum atomic E-state index is -0.241. The van der Waals surface area contributed by atoms with Crippen LogP contribution in [-0.4, -0.2) is 53.8 Å². The SMILES string of the molecule is COCCN1C(=S)NC(c2ccc(OC)cc2)C(c2nc(-c3ccc(SC)cc3)no2)=C1C. The van der Waals surface area contributed by atoms with E-state index < -0.39 is 0 Å². The Hall–Kier alpha value is -2.88. The van der Waals surface area contributed by atoms with Crippen molar-refractivity contribution >= 4 is 34.7 Å². The van der Waals surface area contributed by atoms with E-state index in [9.17, 15) is 0 Å². The van der Waals surface area contributed by atoms with Gasteiger partial charge in [-0.2, -0.15) is 4.98 Å². The fraction of sp³-hybridized carbons (Fsp3) is 0.292. The number of nitrogens with zero attached hydrogens (tertiary/aromatic N) is 3. The lowest BCUT2D eigenvalue weighted by atomic mass is 9.94. The molecule has 0 fully saturated rings. The molecular formula is C24H26N4O3S2. The van der Waals surface area contributed by atoms with Crippen molar-refractivity contribution in [3.8, 4) is 17.1 Å². The summed E-state index contributed by atoms with van der Waals surface area (Å²) in [7, 11) is 3.32. The second kappa shape index (κ2) is 10.4. The van der Waals surface area contributed by atoms with E-state index in [-0.39, 0.29) is 6.04 Å². The first kappa shape index (κ1) is 23.3. The highest BCUT2D eigenvalue weighted by Crippen LogP contribution is 2.37. The first-order chi connectivity index (χ1) is 16.0. The topological polar surface area (TPSA) is 72.7 Å². The third-order valence-corrected chi connectivity index (χ3v) is 6.65. The number of thiocarbonyl (C=S) groups is 1. The summed E-state index contributed by atoms with van der Waals surface area (Å²) >= 11 is 7.37. The van der Waals surface area contributed by atoms with Crippen LogP contribution in [0.2, 0.25) is 0 Å². The number of aromatic nitrogens is 2. The molecule has 0 aliphatic carbocycles. The maximum atomic E-state index is 5.78. The van der Waals surface area contributed by atoms with Crippen molar-refractivity contribution in [1.29, 1.82) is 0 Å². The summed E-state index contributed by atoms with van der Waals surface area (Å²) in [5.74, 6) is 1.78. The predicted octanol–water partition coefficient (Wildman–Crippen LogP) is 4.78. The van der Waals surface area contributed by atoms with Crippen molar-refractivity contribution in [3.63, 3.8) is 0 Å². The van der Waals surface area contributed by atoms with E-state index in [0.717, 1.165) is 28.1 Å². The molecule has 0 radical (unpaired) electrons. The van der Waals surface area contributed by atoms with Gasteiger partial charge in [0.05, 0.1) is 25.3 Å². The molecule has 3 aromatic rings. The Morgan fingerprint density at radius 2 is 1.85 bits per heavy atom. The number of allylic oxidation sites excluding steroid dienone is 1. The van der Waals surface area contributed by atoms with Crippen molar-refractivity contribution in [2.75, 3.05) is 33.6 Å². The van der Waals surface area contributed by atoms with E-state index in [0.29, 0.717) is 30.0 Å². The normalized spacial score (nSPS) is 16.2. The zero-order valence-corrected chi connectivity index (χ0v) is 20.6. The molecular weight excluding hydrogens is 456 g/mol. The van der Waals surface area contributed by atoms with E-state index >= 15 is 0 Å². The largest absolute Gasteiger partial charge is 0.497 e. The Labute approximate surface area is 203 Å². The van der Waals surface area contributed by atoms with E-state index in [1.165, 1.54) is 4.90 Å². The van der Waals surface area contributed by atoms with Gasteiger partial charge in [0, 0.05) is 29.8 Å². The minimum absolute atomic E-state index is 0.241. The first-order valence-electron chi connectivity index (χ1n) is 10.5. The molecule has 9 heteroatoms. The summed E-state index contributed by atoms with van der Waals surface area (Å²) in [5, 5.41) is 8.33. The molecule has 7 nitrogen and oxygen atoms in total. The van der Waals surface area contributed by atoms with Gasteiger partial charge in [0.25, 0.3) is 5.89 Å². The van der Waals surface area contributed by atoms with Gasteiger partial charge in [-0.3, -0.25) is 0 Å². The first-order valence-corrected chi connectivity index (χ1v) is 12.1. The molecule has 1 aromatic heterocycles. The van der Waals surface area contributed by atoms with Gasteiger partial charge >= 0.3 is 0 Å². The van der Waals surface area contributed by atoms with Crippen LogP contribution in [-0.2, 0) is 4.74 Å². The van der Waals surface area contributed by atoms with Crippen molar-refractivity contribution in [1.82, 2.24) is 20.4 Å². The summed E-state index contributed by atoms with van der Waals surface area (Å²) in [6.45, 7) is 3.17. The molecule has 33 heavy (non-hydrogen) atoms. The molecule has 1 aliphatic rings. The lowest BCUT2D eigenvalue weighted by Gasteiger charge is -2.37. The zero-order chi connectivity index (χ0) is 23.4. The number of benzene rings is 2. The Morgan fingerprint density at radius 3 is 2.48 bits per heavy atom. The second-order valence-electron chi connectivity index (χ2n) is 7.45. The monoisotopic (exact) mass is 482 g/mol. The summed E-state index contributed by atoms with van der Waals surface area (Å²) in [5.41, 5.74) is 3.74. The number of thioether (sulfide) groups is 1. The van der Waals surface area contributed by atoms with E-state index in [4.69, 9.17) is 31.2 Å². The second-order valence-corrected chi connectivity index (χ2v) is 8.72. The number of hydrogen-bond donors (Lipinski definition) is 1. The molecule has 172 valence electrons. The zero-order valence-electron chi connectivity index (χ0n) is 19.0. The van der Waals surface area contributed by atoms with Gasteiger partial charge in [0.2, 0.25) is 5.82 Å². The number of nitrogens with one attached hydrogen (secondary N) is 1. The highest BCUT2D eigenvalue weighted by molar-refractivity contribution is 7.98. The number of hydrogen-bond acceptors (Lipinski definition) is 7. The van der Waals surface area contributed by atoms with Crippen LogP contribution in [0.5, 0.6) is 5.75 Å². The molecule has 1 aliphatic heterocycles. The van der Waals surface area contributed by atoms with Crippen LogP contribution in [0.3, 0.4) is 0 Å². The maximum Gasteiger partial charge on any atom is 0.258 e. The summed E-state index contributed by atoms with van der Waals surface area (Å²) in [4.78, 5) is 7.94.